The van der Waals surface area contributed by atoms with E-state index in [1.54, 1.807) is 18.2 Å². The van der Waals surface area contributed by atoms with Crippen LogP contribution in [-0.4, -0.2) is 35.1 Å². The first-order valence-corrected chi connectivity index (χ1v) is 10.5. The smallest absolute Gasteiger partial charge is 0.261 e. The summed E-state index contributed by atoms with van der Waals surface area (Å²) in [6, 6.07) is 10.6. The van der Waals surface area contributed by atoms with E-state index in [1.807, 2.05) is 32.0 Å². The molecule has 0 radical (unpaired) electrons. The summed E-state index contributed by atoms with van der Waals surface area (Å²) in [4.78, 5) is 50.6. The average molecular weight is 419 g/mol. The van der Waals surface area contributed by atoms with E-state index in [4.69, 9.17) is 0 Å². The van der Waals surface area contributed by atoms with Gasteiger partial charge in [0.15, 0.2) is 0 Å². The maximum absolute atomic E-state index is 12.5. The van der Waals surface area contributed by atoms with Crippen LogP contribution in [0, 0.1) is 19.8 Å². The van der Waals surface area contributed by atoms with Crippen molar-refractivity contribution in [3.05, 3.63) is 58.7 Å². The molecule has 0 unspecified atom stereocenters. The molecule has 0 saturated heterocycles. The zero-order chi connectivity index (χ0) is 22.1. The molecule has 2 N–H and O–H groups in total. The van der Waals surface area contributed by atoms with Crippen molar-refractivity contribution >= 4 is 35.0 Å². The predicted molar refractivity (Wildman–Crippen MR) is 117 cm³/mol. The molecule has 7 nitrogen and oxygen atoms in total. The van der Waals surface area contributed by atoms with Crippen molar-refractivity contribution in [3.8, 4) is 0 Å². The number of aryl methyl sites for hydroxylation is 2. The molecular formula is C24H25N3O4. The third-order valence-electron chi connectivity index (χ3n) is 5.64. The van der Waals surface area contributed by atoms with Gasteiger partial charge in [0.2, 0.25) is 11.8 Å². The number of anilines is 2. The third kappa shape index (κ3) is 4.50. The van der Waals surface area contributed by atoms with E-state index < -0.39 is 0 Å². The molecule has 160 valence electrons. The van der Waals surface area contributed by atoms with Gasteiger partial charge in [0.1, 0.15) is 0 Å². The normalized spacial score (nSPS) is 15.1. The van der Waals surface area contributed by atoms with Crippen LogP contribution in [0.15, 0.2) is 36.4 Å². The van der Waals surface area contributed by atoms with Crippen LogP contribution in [0.25, 0.3) is 0 Å². The molecule has 4 amide bonds. The van der Waals surface area contributed by atoms with Crippen LogP contribution in [-0.2, 0) is 9.59 Å². The van der Waals surface area contributed by atoms with Gasteiger partial charge in [-0.1, -0.05) is 17.7 Å². The number of hydrogen-bond acceptors (Lipinski definition) is 4. The predicted octanol–water partition coefficient (Wildman–Crippen LogP) is 3.67. The molecule has 1 heterocycles. The minimum absolute atomic E-state index is 0.0114. The van der Waals surface area contributed by atoms with Crippen LogP contribution < -0.4 is 10.6 Å². The molecule has 2 aliphatic rings. The second kappa shape index (κ2) is 8.34. The summed E-state index contributed by atoms with van der Waals surface area (Å²) in [6.45, 7) is 3.94. The van der Waals surface area contributed by atoms with Crippen LogP contribution >= 0.6 is 0 Å². The van der Waals surface area contributed by atoms with Gasteiger partial charge in [-0.15, -0.1) is 0 Å². The number of carbonyl (C=O) groups excluding carboxylic acids is 4. The number of nitrogens with one attached hydrogen (secondary N) is 2. The van der Waals surface area contributed by atoms with Crippen LogP contribution in [0.4, 0.5) is 11.4 Å². The fourth-order valence-electron chi connectivity index (χ4n) is 3.64. The highest BCUT2D eigenvalue weighted by Crippen LogP contribution is 2.31. The molecule has 4 rings (SSSR count). The molecular weight excluding hydrogens is 394 g/mol. The maximum atomic E-state index is 12.5. The van der Waals surface area contributed by atoms with Crippen molar-refractivity contribution in [1.82, 2.24) is 4.90 Å². The minimum Gasteiger partial charge on any atom is -0.326 e. The molecule has 0 atom stereocenters. The Balaban J connectivity index is 1.31. The van der Waals surface area contributed by atoms with Crippen molar-refractivity contribution in [3.63, 3.8) is 0 Å². The van der Waals surface area contributed by atoms with Crippen molar-refractivity contribution in [2.75, 3.05) is 17.2 Å². The summed E-state index contributed by atoms with van der Waals surface area (Å²) < 4.78 is 0. The number of hydrogen-bond donors (Lipinski definition) is 2. The van der Waals surface area contributed by atoms with Gasteiger partial charge in [-0.3, -0.25) is 24.1 Å². The molecule has 1 aliphatic heterocycles. The summed E-state index contributed by atoms with van der Waals surface area (Å²) in [6.07, 6.45) is 2.39. The number of rotatable bonds is 7. The lowest BCUT2D eigenvalue weighted by atomic mass is 10.1. The van der Waals surface area contributed by atoms with Crippen LogP contribution in [0.3, 0.4) is 0 Å². The maximum Gasteiger partial charge on any atom is 0.261 e. The van der Waals surface area contributed by atoms with Gasteiger partial charge in [-0.25, -0.2) is 0 Å². The largest absolute Gasteiger partial charge is 0.326 e. The number of amides is 4. The first-order valence-electron chi connectivity index (χ1n) is 10.5. The highest BCUT2D eigenvalue weighted by Gasteiger charge is 2.35. The van der Waals surface area contributed by atoms with Crippen molar-refractivity contribution in [2.45, 2.75) is 39.5 Å². The zero-order valence-electron chi connectivity index (χ0n) is 17.7. The quantitative estimate of drug-likeness (QED) is 0.670. The average Bonchev–Trinajstić information content (AvgIpc) is 3.55. The topological polar surface area (TPSA) is 95.6 Å². The summed E-state index contributed by atoms with van der Waals surface area (Å²) in [5.41, 5.74) is 3.94. The first kappa shape index (κ1) is 20.8. The van der Waals surface area contributed by atoms with Gasteiger partial charge in [0, 0.05) is 30.3 Å². The Morgan fingerprint density at radius 2 is 1.71 bits per heavy atom. The summed E-state index contributed by atoms with van der Waals surface area (Å²) in [7, 11) is 0. The van der Waals surface area contributed by atoms with E-state index in [0.717, 1.165) is 24.0 Å². The monoisotopic (exact) mass is 419 g/mol. The molecule has 31 heavy (non-hydrogen) atoms. The summed E-state index contributed by atoms with van der Waals surface area (Å²) in [5.74, 6) is -0.710. The van der Waals surface area contributed by atoms with E-state index in [9.17, 15) is 19.2 Å². The molecule has 1 aliphatic carbocycles. The van der Waals surface area contributed by atoms with E-state index in [1.165, 1.54) is 4.90 Å². The lowest BCUT2D eigenvalue weighted by Gasteiger charge is -2.14. The third-order valence-corrected chi connectivity index (χ3v) is 5.64. The van der Waals surface area contributed by atoms with E-state index in [-0.39, 0.29) is 42.5 Å². The second-order valence-corrected chi connectivity index (χ2v) is 8.26. The Kier molecular flexibility index (Phi) is 5.59. The fraction of sp³-hybridized carbons (Fsp3) is 0.333. The van der Waals surface area contributed by atoms with Gasteiger partial charge >= 0.3 is 0 Å². The Labute approximate surface area is 180 Å². The molecule has 1 fully saturated rings. The molecule has 0 aromatic heterocycles. The fourth-order valence-corrected chi connectivity index (χ4v) is 3.64. The number of carbonyl (C=O) groups is 4. The zero-order valence-corrected chi connectivity index (χ0v) is 17.7. The SMILES string of the molecule is Cc1ccc2c(c1)C(=O)N(CCCC(=O)Nc1cc(NC(=O)C3CC3)ccc1C)C2=O. The van der Waals surface area contributed by atoms with Gasteiger partial charge in [-0.05, 0) is 62.9 Å². The Hall–Kier alpha value is -3.48. The van der Waals surface area contributed by atoms with E-state index in [2.05, 4.69) is 10.6 Å². The highest BCUT2D eigenvalue weighted by molar-refractivity contribution is 6.21. The second-order valence-electron chi connectivity index (χ2n) is 8.26. The first-order chi connectivity index (χ1) is 14.8. The Morgan fingerprint density at radius 3 is 2.45 bits per heavy atom. The van der Waals surface area contributed by atoms with Crippen LogP contribution in [0.5, 0.6) is 0 Å². The van der Waals surface area contributed by atoms with Crippen molar-refractivity contribution < 1.29 is 19.2 Å². The lowest BCUT2D eigenvalue weighted by molar-refractivity contribution is -0.117. The molecule has 0 bridgehead atoms. The van der Waals surface area contributed by atoms with Crippen molar-refractivity contribution in [2.24, 2.45) is 5.92 Å². The summed E-state index contributed by atoms with van der Waals surface area (Å²) >= 11 is 0. The number of benzene rings is 2. The molecule has 7 heteroatoms. The number of nitrogens with zero attached hydrogens (tertiary/aromatic N) is 1. The van der Waals surface area contributed by atoms with Gasteiger partial charge in [-0.2, -0.15) is 0 Å². The Morgan fingerprint density at radius 1 is 0.968 bits per heavy atom. The van der Waals surface area contributed by atoms with Crippen molar-refractivity contribution in [1.29, 1.82) is 0 Å². The van der Waals surface area contributed by atoms with E-state index in [0.29, 0.717) is 28.9 Å². The van der Waals surface area contributed by atoms with Gasteiger partial charge in [0.25, 0.3) is 11.8 Å². The van der Waals surface area contributed by atoms with Crippen LogP contribution in [0.2, 0.25) is 0 Å². The van der Waals surface area contributed by atoms with Gasteiger partial charge in [0.05, 0.1) is 11.1 Å². The number of fused-ring (bicyclic) bond motifs is 1. The van der Waals surface area contributed by atoms with Crippen LogP contribution in [0.1, 0.15) is 57.5 Å². The molecule has 0 spiro atoms. The van der Waals surface area contributed by atoms with Gasteiger partial charge < -0.3 is 10.6 Å². The standard InChI is InChI=1S/C24H25N3O4/c1-14-5-10-18-19(12-14)24(31)27(23(18)30)11-3-4-21(28)26-20-13-17(9-6-15(20)2)25-22(29)16-7-8-16/h5-6,9-10,12-13,16H,3-4,7-8,11H2,1-2H3,(H,25,29)(H,26,28). The lowest BCUT2D eigenvalue weighted by Crippen LogP contribution is -2.31. The highest BCUT2D eigenvalue weighted by atomic mass is 16.2. The summed E-state index contributed by atoms with van der Waals surface area (Å²) in [5, 5.41) is 5.74. The minimum atomic E-state index is -0.310. The molecule has 1 saturated carbocycles. The molecule has 2 aromatic carbocycles. The Bertz CT molecular complexity index is 1090. The van der Waals surface area contributed by atoms with E-state index >= 15 is 0 Å². The number of imide groups is 1. The molecule has 2 aromatic rings.